The molecule has 0 aromatic heterocycles. The molecule has 0 heterocycles. The first-order valence-corrected chi connectivity index (χ1v) is 6.95. The molecule has 0 aliphatic carbocycles. The maximum atomic E-state index is 12.4. The fourth-order valence-corrected chi connectivity index (χ4v) is 2.25. The van der Waals surface area contributed by atoms with Gasteiger partial charge in [-0.1, -0.05) is 33.6 Å². The Kier molecular flexibility index (Phi) is 4.42. The number of anilines is 2. The minimum atomic E-state index is -0.192. The van der Waals surface area contributed by atoms with Gasteiger partial charge in [0.25, 0.3) is 5.91 Å². The van der Waals surface area contributed by atoms with Gasteiger partial charge in [0, 0.05) is 10.2 Å². The summed E-state index contributed by atoms with van der Waals surface area (Å²) < 4.78 is 0.916. The molecule has 0 atom stereocenters. The van der Waals surface area contributed by atoms with E-state index in [4.69, 9.17) is 5.84 Å². The zero-order valence-electron chi connectivity index (χ0n) is 11.3. The van der Waals surface area contributed by atoms with Crippen LogP contribution >= 0.6 is 15.9 Å². The first-order chi connectivity index (χ1) is 9.51. The van der Waals surface area contributed by atoms with Gasteiger partial charge in [0.2, 0.25) is 0 Å². The van der Waals surface area contributed by atoms with E-state index in [0.29, 0.717) is 11.3 Å². The summed E-state index contributed by atoms with van der Waals surface area (Å²) >= 11 is 3.40. The van der Waals surface area contributed by atoms with Gasteiger partial charge in [0.15, 0.2) is 0 Å². The second-order valence-corrected chi connectivity index (χ2v) is 5.52. The molecule has 0 aliphatic heterocycles. The summed E-state index contributed by atoms with van der Waals surface area (Å²) in [7, 11) is 0. The highest BCUT2D eigenvalue weighted by Gasteiger charge is 2.12. The normalized spacial score (nSPS) is 10.2. The van der Waals surface area contributed by atoms with Gasteiger partial charge in [-0.2, -0.15) is 0 Å². The number of nitrogens with two attached hydrogens (primary N) is 1. The van der Waals surface area contributed by atoms with Crippen LogP contribution in [-0.2, 0) is 0 Å². The largest absolute Gasteiger partial charge is 0.323 e. The second kappa shape index (κ2) is 6.07. The molecule has 2 aromatic rings. The zero-order chi connectivity index (χ0) is 14.7. The standard InChI is InChI=1S/C15H16BrN3O/c1-9-3-6-13(19-17)12(7-9)15(20)18-14-8-11(16)5-4-10(14)2/h3-8,19H,17H2,1-2H3,(H,18,20). The molecule has 20 heavy (non-hydrogen) atoms. The van der Waals surface area contributed by atoms with Crippen molar-refractivity contribution in [1.29, 1.82) is 0 Å². The third kappa shape index (κ3) is 3.18. The van der Waals surface area contributed by atoms with E-state index in [9.17, 15) is 4.79 Å². The lowest BCUT2D eigenvalue weighted by Crippen LogP contribution is -2.18. The number of hydrazine groups is 1. The Bertz CT molecular complexity index is 656. The number of carbonyl (C=O) groups excluding carboxylic acids is 1. The van der Waals surface area contributed by atoms with Crippen LogP contribution < -0.4 is 16.6 Å². The van der Waals surface area contributed by atoms with Crippen LogP contribution in [0.4, 0.5) is 11.4 Å². The van der Waals surface area contributed by atoms with E-state index in [-0.39, 0.29) is 5.91 Å². The van der Waals surface area contributed by atoms with Gasteiger partial charge >= 0.3 is 0 Å². The predicted octanol–water partition coefficient (Wildman–Crippen LogP) is 3.60. The monoisotopic (exact) mass is 333 g/mol. The molecule has 0 fully saturated rings. The molecular formula is C15H16BrN3O. The van der Waals surface area contributed by atoms with E-state index in [1.165, 1.54) is 0 Å². The smallest absolute Gasteiger partial charge is 0.257 e. The average molecular weight is 334 g/mol. The summed E-state index contributed by atoms with van der Waals surface area (Å²) in [5, 5.41) is 2.90. The van der Waals surface area contributed by atoms with Crippen molar-refractivity contribution in [2.75, 3.05) is 10.7 Å². The van der Waals surface area contributed by atoms with Crippen molar-refractivity contribution >= 4 is 33.2 Å². The third-order valence-corrected chi connectivity index (χ3v) is 3.52. The van der Waals surface area contributed by atoms with Crippen LogP contribution in [0.2, 0.25) is 0 Å². The van der Waals surface area contributed by atoms with Crippen molar-refractivity contribution in [3.05, 3.63) is 57.6 Å². The van der Waals surface area contributed by atoms with Crippen molar-refractivity contribution in [2.24, 2.45) is 5.84 Å². The molecule has 104 valence electrons. The number of benzene rings is 2. The summed E-state index contributed by atoms with van der Waals surface area (Å²) in [5.41, 5.74) is 6.43. The highest BCUT2D eigenvalue weighted by molar-refractivity contribution is 9.10. The van der Waals surface area contributed by atoms with Gasteiger partial charge in [-0.25, -0.2) is 0 Å². The molecule has 0 radical (unpaired) electrons. The minimum absolute atomic E-state index is 0.192. The van der Waals surface area contributed by atoms with E-state index < -0.39 is 0 Å². The summed E-state index contributed by atoms with van der Waals surface area (Å²) in [6, 6.07) is 11.2. The fourth-order valence-electron chi connectivity index (χ4n) is 1.89. The zero-order valence-corrected chi connectivity index (χ0v) is 12.9. The molecule has 0 bridgehead atoms. The lowest BCUT2D eigenvalue weighted by atomic mass is 10.1. The maximum absolute atomic E-state index is 12.4. The van der Waals surface area contributed by atoms with E-state index in [0.717, 1.165) is 21.3 Å². The summed E-state index contributed by atoms with van der Waals surface area (Å²) in [5.74, 6) is 5.26. The van der Waals surface area contributed by atoms with Crippen LogP contribution in [0.15, 0.2) is 40.9 Å². The lowest BCUT2D eigenvalue weighted by molar-refractivity contribution is 0.102. The second-order valence-electron chi connectivity index (χ2n) is 4.61. The lowest BCUT2D eigenvalue weighted by Gasteiger charge is -2.12. The number of nitrogens with one attached hydrogen (secondary N) is 2. The summed E-state index contributed by atoms with van der Waals surface area (Å²) in [6.45, 7) is 3.88. The van der Waals surface area contributed by atoms with Gasteiger partial charge in [-0.15, -0.1) is 0 Å². The van der Waals surface area contributed by atoms with Crippen LogP contribution in [0.5, 0.6) is 0 Å². The van der Waals surface area contributed by atoms with Crippen LogP contribution in [0.1, 0.15) is 21.5 Å². The Morgan fingerprint density at radius 2 is 1.85 bits per heavy atom. The van der Waals surface area contributed by atoms with Crippen molar-refractivity contribution in [3.8, 4) is 0 Å². The fraction of sp³-hybridized carbons (Fsp3) is 0.133. The average Bonchev–Trinajstić information content (AvgIpc) is 2.42. The first kappa shape index (κ1) is 14.6. The van der Waals surface area contributed by atoms with E-state index in [2.05, 4.69) is 26.7 Å². The van der Waals surface area contributed by atoms with Crippen molar-refractivity contribution in [3.63, 3.8) is 0 Å². The summed E-state index contributed by atoms with van der Waals surface area (Å²) in [6.07, 6.45) is 0. The molecule has 2 rings (SSSR count). The Morgan fingerprint density at radius 3 is 2.55 bits per heavy atom. The number of halogens is 1. The number of carbonyl (C=O) groups is 1. The number of rotatable bonds is 3. The molecule has 0 unspecified atom stereocenters. The highest BCUT2D eigenvalue weighted by atomic mass is 79.9. The van der Waals surface area contributed by atoms with Gasteiger partial charge in [0.05, 0.1) is 11.3 Å². The van der Waals surface area contributed by atoms with E-state index >= 15 is 0 Å². The highest BCUT2D eigenvalue weighted by Crippen LogP contribution is 2.23. The topological polar surface area (TPSA) is 67.1 Å². The SMILES string of the molecule is Cc1ccc(NN)c(C(=O)Nc2cc(Br)ccc2C)c1. The number of amides is 1. The van der Waals surface area contributed by atoms with Crippen LogP contribution in [-0.4, -0.2) is 5.91 Å². The van der Waals surface area contributed by atoms with E-state index in [1.807, 2.05) is 38.1 Å². The number of aryl methyl sites for hydroxylation is 2. The van der Waals surface area contributed by atoms with E-state index in [1.54, 1.807) is 12.1 Å². The van der Waals surface area contributed by atoms with Gasteiger partial charge < -0.3 is 10.7 Å². The molecule has 0 spiro atoms. The number of hydrogen-bond donors (Lipinski definition) is 3. The minimum Gasteiger partial charge on any atom is -0.323 e. The Morgan fingerprint density at radius 1 is 1.10 bits per heavy atom. The molecule has 5 heteroatoms. The van der Waals surface area contributed by atoms with Gasteiger partial charge in [-0.3, -0.25) is 10.6 Å². The molecule has 0 saturated heterocycles. The maximum Gasteiger partial charge on any atom is 0.257 e. The number of nitrogen functional groups attached to an aromatic ring is 1. The molecule has 0 saturated carbocycles. The van der Waals surface area contributed by atoms with Gasteiger partial charge in [-0.05, 0) is 43.7 Å². The molecule has 4 nitrogen and oxygen atoms in total. The molecule has 2 aromatic carbocycles. The van der Waals surface area contributed by atoms with Crippen molar-refractivity contribution in [1.82, 2.24) is 0 Å². The Labute approximate surface area is 126 Å². The number of hydrogen-bond acceptors (Lipinski definition) is 3. The predicted molar refractivity (Wildman–Crippen MR) is 85.8 cm³/mol. The first-order valence-electron chi connectivity index (χ1n) is 6.16. The molecular weight excluding hydrogens is 318 g/mol. The van der Waals surface area contributed by atoms with Crippen LogP contribution in [0, 0.1) is 13.8 Å². The van der Waals surface area contributed by atoms with Crippen LogP contribution in [0.25, 0.3) is 0 Å². The van der Waals surface area contributed by atoms with Crippen molar-refractivity contribution in [2.45, 2.75) is 13.8 Å². The van der Waals surface area contributed by atoms with Crippen LogP contribution in [0.3, 0.4) is 0 Å². The third-order valence-electron chi connectivity index (χ3n) is 3.02. The van der Waals surface area contributed by atoms with Crippen molar-refractivity contribution < 1.29 is 4.79 Å². The Hall–Kier alpha value is -1.85. The molecule has 4 N–H and O–H groups in total. The quantitative estimate of drug-likeness (QED) is 0.593. The molecule has 0 aliphatic rings. The molecule has 1 amide bonds. The Balaban J connectivity index is 2.32. The summed E-state index contributed by atoms with van der Waals surface area (Å²) in [4.78, 5) is 12.4. The van der Waals surface area contributed by atoms with Gasteiger partial charge in [0.1, 0.15) is 0 Å².